The summed E-state index contributed by atoms with van der Waals surface area (Å²) in [5.74, 6) is -0.500. The Labute approximate surface area is 123 Å². The Bertz CT molecular complexity index is 741. The second-order valence-electron chi connectivity index (χ2n) is 5.29. The standard InChI is InChI=1S/C16H16FNO2S/c17-14-8-5-12(6-9-14)11-21(19,20)18-16-10-7-13-3-1-2-4-15(13)16/h1-6,8-9,16,18H,7,10-11H2. The van der Waals surface area contributed by atoms with Crippen LogP contribution in [0.4, 0.5) is 4.39 Å². The third-order valence-corrected chi connectivity index (χ3v) is 5.08. The third-order valence-electron chi connectivity index (χ3n) is 3.72. The van der Waals surface area contributed by atoms with Crippen molar-refractivity contribution in [2.24, 2.45) is 0 Å². The van der Waals surface area contributed by atoms with Crippen LogP contribution in [0, 0.1) is 5.82 Å². The van der Waals surface area contributed by atoms with Crippen LogP contribution >= 0.6 is 0 Å². The lowest BCUT2D eigenvalue weighted by Gasteiger charge is -2.14. The highest BCUT2D eigenvalue weighted by Crippen LogP contribution is 2.31. The highest BCUT2D eigenvalue weighted by atomic mass is 32.2. The zero-order chi connectivity index (χ0) is 14.9. The minimum atomic E-state index is -3.45. The number of hydrogen-bond acceptors (Lipinski definition) is 2. The van der Waals surface area contributed by atoms with Crippen LogP contribution in [0.15, 0.2) is 48.5 Å². The lowest BCUT2D eigenvalue weighted by Crippen LogP contribution is -2.28. The SMILES string of the molecule is O=S(=O)(Cc1ccc(F)cc1)NC1CCc2ccccc21. The van der Waals surface area contributed by atoms with Gasteiger partial charge in [0.25, 0.3) is 0 Å². The molecule has 0 aliphatic heterocycles. The number of benzene rings is 2. The van der Waals surface area contributed by atoms with Crippen LogP contribution < -0.4 is 4.72 Å². The minimum Gasteiger partial charge on any atom is -0.212 e. The molecule has 0 spiro atoms. The van der Waals surface area contributed by atoms with Crippen molar-refractivity contribution in [1.29, 1.82) is 0 Å². The van der Waals surface area contributed by atoms with Crippen molar-refractivity contribution in [1.82, 2.24) is 4.72 Å². The molecule has 2 aromatic rings. The van der Waals surface area contributed by atoms with Crippen molar-refractivity contribution in [3.63, 3.8) is 0 Å². The first-order valence-corrected chi connectivity index (χ1v) is 8.51. The molecule has 3 rings (SSSR count). The van der Waals surface area contributed by atoms with E-state index >= 15 is 0 Å². The van der Waals surface area contributed by atoms with Crippen molar-refractivity contribution in [2.45, 2.75) is 24.6 Å². The molecule has 2 aromatic carbocycles. The Morgan fingerprint density at radius 3 is 2.57 bits per heavy atom. The van der Waals surface area contributed by atoms with Crippen molar-refractivity contribution in [3.8, 4) is 0 Å². The van der Waals surface area contributed by atoms with Crippen LogP contribution in [0.5, 0.6) is 0 Å². The van der Waals surface area contributed by atoms with Gasteiger partial charge in [0.05, 0.1) is 5.75 Å². The molecule has 3 nitrogen and oxygen atoms in total. The molecule has 0 heterocycles. The molecule has 5 heteroatoms. The average Bonchev–Trinajstić information content (AvgIpc) is 2.84. The fraction of sp³-hybridized carbons (Fsp3) is 0.250. The van der Waals surface area contributed by atoms with Crippen LogP contribution in [0.1, 0.15) is 29.2 Å². The first-order chi connectivity index (χ1) is 10.0. The predicted molar refractivity (Wildman–Crippen MR) is 79.7 cm³/mol. The van der Waals surface area contributed by atoms with Crippen LogP contribution in [-0.4, -0.2) is 8.42 Å². The molecule has 0 saturated carbocycles. The lowest BCUT2D eigenvalue weighted by molar-refractivity contribution is 0.553. The number of fused-ring (bicyclic) bond motifs is 1. The Balaban J connectivity index is 1.74. The van der Waals surface area contributed by atoms with Gasteiger partial charge in [-0.2, -0.15) is 0 Å². The summed E-state index contributed by atoms with van der Waals surface area (Å²) in [5, 5.41) is 0. The molecule has 0 saturated heterocycles. The third kappa shape index (κ3) is 3.31. The van der Waals surface area contributed by atoms with Crippen molar-refractivity contribution in [3.05, 3.63) is 71.0 Å². The van der Waals surface area contributed by atoms with Crippen molar-refractivity contribution < 1.29 is 12.8 Å². The minimum absolute atomic E-state index is 0.133. The Kier molecular flexibility index (Phi) is 3.78. The zero-order valence-corrected chi connectivity index (χ0v) is 12.2. The molecule has 110 valence electrons. The topological polar surface area (TPSA) is 46.2 Å². The second-order valence-corrected chi connectivity index (χ2v) is 7.05. The van der Waals surface area contributed by atoms with E-state index in [1.54, 1.807) is 0 Å². The predicted octanol–water partition coefficient (Wildman–Crippen LogP) is 2.93. The molecule has 0 radical (unpaired) electrons. The number of nitrogens with one attached hydrogen (secondary N) is 1. The molecule has 21 heavy (non-hydrogen) atoms. The summed E-state index contributed by atoms with van der Waals surface area (Å²) in [7, 11) is -3.45. The van der Waals surface area contributed by atoms with E-state index in [2.05, 4.69) is 4.72 Å². The van der Waals surface area contributed by atoms with Gasteiger partial charge in [0, 0.05) is 6.04 Å². The van der Waals surface area contributed by atoms with E-state index in [1.165, 1.54) is 29.8 Å². The average molecular weight is 305 g/mol. The van der Waals surface area contributed by atoms with Gasteiger partial charge in [0.15, 0.2) is 0 Å². The van der Waals surface area contributed by atoms with Gasteiger partial charge in [-0.3, -0.25) is 0 Å². The van der Waals surface area contributed by atoms with Crippen LogP contribution in [0.3, 0.4) is 0 Å². The maximum Gasteiger partial charge on any atom is 0.216 e. The van der Waals surface area contributed by atoms with Gasteiger partial charge in [-0.25, -0.2) is 17.5 Å². The number of sulfonamides is 1. The lowest BCUT2D eigenvalue weighted by atomic mass is 10.1. The summed E-state index contributed by atoms with van der Waals surface area (Å²) in [6, 6.07) is 13.3. The second kappa shape index (κ2) is 5.58. The molecule has 1 unspecified atom stereocenters. The fourth-order valence-electron chi connectivity index (χ4n) is 2.74. The number of aryl methyl sites for hydroxylation is 1. The monoisotopic (exact) mass is 305 g/mol. The first-order valence-electron chi connectivity index (χ1n) is 6.86. The maximum absolute atomic E-state index is 12.8. The highest BCUT2D eigenvalue weighted by molar-refractivity contribution is 7.88. The van der Waals surface area contributed by atoms with Gasteiger partial charge in [-0.05, 0) is 41.7 Å². The summed E-state index contributed by atoms with van der Waals surface area (Å²) in [6.45, 7) is 0. The van der Waals surface area contributed by atoms with E-state index in [-0.39, 0.29) is 17.6 Å². The molecule has 1 N–H and O–H groups in total. The molecule has 1 aliphatic carbocycles. The van der Waals surface area contributed by atoms with E-state index in [1.807, 2.05) is 24.3 Å². The molecular formula is C16H16FNO2S. The quantitative estimate of drug-likeness (QED) is 0.944. The van der Waals surface area contributed by atoms with Crippen LogP contribution in [0.25, 0.3) is 0 Å². The van der Waals surface area contributed by atoms with E-state index in [9.17, 15) is 12.8 Å². The molecule has 1 atom stereocenters. The van der Waals surface area contributed by atoms with Gasteiger partial charge in [-0.1, -0.05) is 36.4 Å². The molecule has 0 amide bonds. The smallest absolute Gasteiger partial charge is 0.212 e. The first kappa shape index (κ1) is 14.2. The van der Waals surface area contributed by atoms with Gasteiger partial charge in [0.1, 0.15) is 5.82 Å². The van der Waals surface area contributed by atoms with E-state index < -0.39 is 10.0 Å². The Hall–Kier alpha value is -1.72. The summed E-state index contributed by atoms with van der Waals surface area (Å²) in [4.78, 5) is 0. The number of hydrogen-bond donors (Lipinski definition) is 1. The molecular weight excluding hydrogens is 289 g/mol. The van der Waals surface area contributed by atoms with Crippen molar-refractivity contribution in [2.75, 3.05) is 0 Å². The highest BCUT2D eigenvalue weighted by Gasteiger charge is 2.26. The van der Waals surface area contributed by atoms with Gasteiger partial charge < -0.3 is 0 Å². The van der Waals surface area contributed by atoms with Crippen molar-refractivity contribution >= 4 is 10.0 Å². The van der Waals surface area contributed by atoms with Gasteiger partial charge in [0.2, 0.25) is 10.0 Å². The van der Waals surface area contributed by atoms with Crippen LogP contribution in [-0.2, 0) is 22.2 Å². The summed E-state index contributed by atoms with van der Waals surface area (Å²) < 4.78 is 40.1. The van der Waals surface area contributed by atoms with E-state index in [0.29, 0.717) is 5.56 Å². The normalized spacial score (nSPS) is 17.7. The summed E-state index contributed by atoms with van der Waals surface area (Å²) >= 11 is 0. The van der Waals surface area contributed by atoms with Gasteiger partial charge >= 0.3 is 0 Å². The summed E-state index contributed by atoms with van der Waals surface area (Å²) in [6.07, 6.45) is 1.67. The Morgan fingerprint density at radius 1 is 1.10 bits per heavy atom. The van der Waals surface area contributed by atoms with Crippen LogP contribution in [0.2, 0.25) is 0 Å². The summed E-state index contributed by atoms with van der Waals surface area (Å²) in [5.41, 5.74) is 2.84. The molecule has 0 fully saturated rings. The zero-order valence-electron chi connectivity index (χ0n) is 11.4. The number of rotatable bonds is 4. The molecule has 1 aliphatic rings. The van der Waals surface area contributed by atoms with Gasteiger partial charge in [-0.15, -0.1) is 0 Å². The largest absolute Gasteiger partial charge is 0.216 e. The van der Waals surface area contributed by atoms with E-state index in [0.717, 1.165) is 18.4 Å². The van der Waals surface area contributed by atoms with E-state index in [4.69, 9.17) is 0 Å². The molecule has 0 bridgehead atoms. The number of halogens is 1. The molecule has 0 aromatic heterocycles. The fourth-order valence-corrected chi connectivity index (χ4v) is 4.13. The Morgan fingerprint density at radius 2 is 1.81 bits per heavy atom. The maximum atomic E-state index is 12.8.